The number of rotatable bonds is 26. The third-order valence-corrected chi connectivity index (χ3v) is 17.6. The number of amides is 4. The Morgan fingerprint density at radius 3 is 2.26 bits per heavy atom. The molecule has 1 aliphatic carbocycles. The number of phenolic OH excluding ortho intramolecular Hbond substituents is 1. The van der Waals surface area contributed by atoms with Crippen LogP contribution in [0.5, 0.6) is 11.5 Å². The molecule has 18 nitrogen and oxygen atoms in total. The molecule has 2 heterocycles. The van der Waals surface area contributed by atoms with Crippen LogP contribution in [0.3, 0.4) is 0 Å². The highest BCUT2D eigenvalue weighted by Crippen LogP contribution is 2.61. The smallest absolute Gasteiger partial charge is 0.251 e. The van der Waals surface area contributed by atoms with Crippen molar-refractivity contribution in [1.82, 2.24) is 25.1 Å². The molecule has 9 rings (SSSR count). The number of carbonyl (C=O) groups excluding carboxylic acids is 4. The van der Waals surface area contributed by atoms with Gasteiger partial charge in [0.25, 0.3) is 5.91 Å². The lowest BCUT2D eigenvalue weighted by Gasteiger charge is -2.38. The number of carbonyl (C=O) groups is 4. The van der Waals surface area contributed by atoms with Gasteiger partial charge in [-0.15, -0.1) is 0 Å². The Labute approximate surface area is 552 Å². The van der Waals surface area contributed by atoms with E-state index in [4.69, 9.17) is 58.7 Å². The summed E-state index contributed by atoms with van der Waals surface area (Å²) in [5.41, 5.74) is -1.25. The number of piperazine rings is 1. The SMILES string of the molecule is C=CC(=O)N1CCN(c2nc(NCCC(=O)N(C)CCOCCOCCOCCNC(=O)c3ccc(NC(=O)[C@@H]4C[C@@H](CC(C)(C)C)[C@](C#N)(c5ccc(Cl)cc5F)[C@H]4c4cccc(Cl)c4F)c(OC)c3)nc3c(F)c(-c4cc(O)cc5ccccc45)c(Cl)cc23)CC1. The first kappa shape index (κ1) is 69.1. The van der Waals surface area contributed by atoms with Gasteiger partial charge in [0.2, 0.25) is 23.7 Å². The first-order chi connectivity index (χ1) is 44.6. The Bertz CT molecular complexity index is 3980. The maximum Gasteiger partial charge on any atom is 0.251 e. The lowest BCUT2D eigenvalue weighted by Crippen LogP contribution is -2.48. The largest absolute Gasteiger partial charge is 0.508 e. The number of aromatic hydroxyl groups is 1. The number of likely N-dealkylation sites (N-methyl/N-ethyl adjacent to an activating group) is 1. The van der Waals surface area contributed by atoms with Gasteiger partial charge in [0, 0.05) is 98.2 Å². The fraction of sp³-hybridized carbons (Fsp3) is 0.377. The molecular weight excluding hydrogens is 1260 g/mol. The second-order valence-electron chi connectivity index (χ2n) is 24.1. The number of ether oxygens (including phenoxy) is 4. The summed E-state index contributed by atoms with van der Waals surface area (Å²) in [6.07, 6.45) is 1.80. The molecule has 1 saturated carbocycles. The van der Waals surface area contributed by atoms with Gasteiger partial charge in [0.15, 0.2) is 5.82 Å². The molecule has 4 N–H and O–H groups in total. The number of halogens is 6. The maximum atomic E-state index is 17.0. The minimum atomic E-state index is -1.73. The summed E-state index contributed by atoms with van der Waals surface area (Å²) < 4.78 is 72.1. The van der Waals surface area contributed by atoms with Gasteiger partial charge < -0.3 is 54.7 Å². The van der Waals surface area contributed by atoms with Gasteiger partial charge in [0.1, 0.15) is 34.5 Å². The third kappa shape index (κ3) is 15.9. The predicted octanol–water partition coefficient (Wildman–Crippen LogP) is 12.4. The number of fused-ring (bicyclic) bond motifs is 2. The predicted molar refractivity (Wildman–Crippen MR) is 354 cm³/mol. The van der Waals surface area contributed by atoms with Crippen LogP contribution in [0.4, 0.5) is 30.6 Å². The minimum Gasteiger partial charge on any atom is -0.508 e. The monoisotopic (exact) mass is 1330 g/mol. The molecule has 2 aliphatic rings. The van der Waals surface area contributed by atoms with E-state index in [1.165, 1.54) is 72.7 Å². The second kappa shape index (κ2) is 30.7. The summed E-state index contributed by atoms with van der Waals surface area (Å²) in [4.78, 5) is 68.1. The Morgan fingerprint density at radius 2 is 1.56 bits per heavy atom. The number of hydrogen-bond donors (Lipinski definition) is 4. The number of aromatic nitrogens is 2. The standard InChI is InChI=1S/C69H73Cl3F3N9O9/c1-7-57(86)83-22-24-84(25-23-83)64-50-38-53(72)59(48-37-45(85)33-41-11-8-9-12-46(41)48)62(75)63(50)80-67(81-64)78-20-19-58(87)82(5)26-28-92-30-32-93-31-29-91-27-21-77-65(88)42-15-18-55(56(34-42)90-6)79-66(89)49-35-43(39-68(2,3)4)69(40-76,51-17-16-44(70)36-54(51)73)60(49)47-13-10-14-52(71)61(47)74/h7-18,33-34,36-38,43,49,60,85H,1,19-32,35,39H2,2-6H3,(H,77,88)(H,79,89)(H,78,80,81)/t43-,49+,60-,69+/m0/s1. The van der Waals surface area contributed by atoms with Crippen molar-refractivity contribution in [2.24, 2.45) is 17.3 Å². The normalized spacial score (nSPS) is 17.3. The van der Waals surface area contributed by atoms with E-state index in [1.807, 2.05) is 49.9 Å². The van der Waals surface area contributed by atoms with E-state index in [0.717, 1.165) is 6.07 Å². The van der Waals surface area contributed by atoms with Crippen LogP contribution in [0.15, 0.2) is 110 Å². The van der Waals surface area contributed by atoms with Crippen molar-refractivity contribution in [1.29, 1.82) is 5.26 Å². The van der Waals surface area contributed by atoms with Crippen LogP contribution < -0.4 is 25.6 Å². The van der Waals surface area contributed by atoms with Crippen LogP contribution in [0.1, 0.15) is 67.4 Å². The van der Waals surface area contributed by atoms with Crippen LogP contribution in [-0.4, -0.2) is 148 Å². The summed E-state index contributed by atoms with van der Waals surface area (Å²) in [5.74, 6) is -5.97. The Hall–Kier alpha value is -8.23. The van der Waals surface area contributed by atoms with E-state index in [0.29, 0.717) is 66.7 Å². The lowest BCUT2D eigenvalue weighted by atomic mass is 9.62. The molecule has 4 amide bonds. The number of phenols is 1. The van der Waals surface area contributed by atoms with E-state index in [1.54, 1.807) is 24.1 Å². The molecule has 0 bridgehead atoms. The summed E-state index contributed by atoms with van der Waals surface area (Å²) >= 11 is 19.4. The molecule has 490 valence electrons. The molecular formula is C69H73Cl3F3N9O9. The molecule has 1 saturated heterocycles. The van der Waals surface area contributed by atoms with E-state index in [9.17, 15) is 29.5 Å². The number of methoxy groups -OCH3 is 1. The third-order valence-electron chi connectivity index (χ3n) is 16.8. The van der Waals surface area contributed by atoms with Crippen molar-refractivity contribution in [3.8, 4) is 28.7 Å². The Morgan fingerprint density at radius 1 is 0.839 bits per heavy atom. The number of hydrogen-bond acceptors (Lipinski definition) is 14. The van der Waals surface area contributed by atoms with Crippen LogP contribution in [-0.2, 0) is 34.0 Å². The van der Waals surface area contributed by atoms with Gasteiger partial charge in [-0.2, -0.15) is 10.2 Å². The van der Waals surface area contributed by atoms with Crippen molar-refractivity contribution >= 4 is 97.6 Å². The zero-order valence-corrected chi connectivity index (χ0v) is 54.5. The maximum absolute atomic E-state index is 17.0. The molecule has 4 atom stereocenters. The van der Waals surface area contributed by atoms with E-state index < -0.39 is 52.4 Å². The van der Waals surface area contributed by atoms with Crippen molar-refractivity contribution in [2.45, 2.75) is 51.4 Å². The minimum absolute atomic E-state index is 0.000661. The number of nitrogens with zero attached hydrogens (tertiary/aromatic N) is 6. The number of nitrogens with one attached hydrogen (secondary N) is 3. The van der Waals surface area contributed by atoms with Crippen LogP contribution in [0.25, 0.3) is 32.8 Å². The Kier molecular flexibility index (Phi) is 22.8. The molecule has 0 spiro atoms. The van der Waals surface area contributed by atoms with Gasteiger partial charge in [-0.1, -0.05) is 105 Å². The molecule has 2 fully saturated rings. The van der Waals surface area contributed by atoms with Crippen molar-refractivity contribution in [3.05, 3.63) is 159 Å². The summed E-state index contributed by atoms with van der Waals surface area (Å²) in [7, 11) is 3.04. The fourth-order valence-corrected chi connectivity index (χ4v) is 13.1. The second-order valence-corrected chi connectivity index (χ2v) is 25.3. The molecule has 24 heteroatoms. The van der Waals surface area contributed by atoms with Crippen molar-refractivity contribution in [2.75, 3.05) is 115 Å². The molecule has 1 aromatic heterocycles. The first-order valence-electron chi connectivity index (χ1n) is 30.4. The van der Waals surface area contributed by atoms with Gasteiger partial charge in [-0.05, 0) is 107 Å². The van der Waals surface area contributed by atoms with E-state index in [-0.39, 0.29) is 149 Å². The van der Waals surface area contributed by atoms with Gasteiger partial charge >= 0.3 is 0 Å². The molecule has 0 unspecified atom stereocenters. The lowest BCUT2D eigenvalue weighted by molar-refractivity contribution is -0.130. The van der Waals surface area contributed by atoms with Crippen LogP contribution in [0, 0.1) is 46.0 Å². The number of nitriles is 1. The highest BCUT2D eigenvalue weighted by Gasteiger charge is 2.61. The van der Waals surface area contributed by atoms with E-state index in [2.05, 4.69) is 33.6 Å². The Balaban J connectivity index is 0.710. The van der Waals surface area contributed by atoms with Gasteiger partial charge in [-0.25, -0.2) is 18.2 Å². The average Bonchev–Trinajstić information content (AvgIpc) is 1.61. The molecule has 6 aromatic carbocycles. The average molecular weight is 1340 g/mol. The fourth-order valence-electron chi connectivity index (χ4n) is 12.5. The molecule has 1 aliphatic heterocycles. The highest BCUT2D eigenvalue weighted by atomic mass is 35.5. The van der Waals surface area contributed by atoms with Gasteiger partial charge in [-0.3, -0.25) is 19.2 Å². The van der Waals surface area contributed by atoms with Crippen molar-refractivity contribution in [3.63, 3.8) is 0 Å². The van der Waals surface area contributed by atoms with E-state index >= 15 is 13.2 Å². The summed E-state index contributed by atoms with van der Waals surface area (Å²) in [5, 5.41) is 32.4. The summed E-state index contributed by atoms with van der Waals surface area (Å²) in [6, 6.07) is 27.2. The zero-order valence-electron chi connectivity index (χ0n) is 52.2. The molecule has 0 radical (unpaired) electrons. The molecule has 93 heavy (non-hydrogen) atoms. The van der Waals surface area contributed by atoms with Gasteiger partial charge in [0.05, 0.1) is 74.0 Å². The number of anilines is 3. The molecule has 7 aromatic rings. The quantitative estimate of drug-likeness (QED) is 0.0293. The van der Waals surface area contributed by atoms with Crippen molar-refractivity contribution < 1.29 is 56.4 Å². The first-order valence-corrected chi connectivity index (χ1v) is 31.6. The van der Waals surface area contributed by atoms with Crippen LogP contribution in [0.2, 0.25) is 15.1 Å². The zero-order chi connectivity index (χ0) is 66.7. The topological polar surface area (TPSA) is 221 Å². The summed E-state index contributed by atoms with van der Waals surface area (Å²) in [6.45, 7) is 13.1. The highest BCUT2D eigenvalue weighted by molar-refractivity contribution is 6.35. The number of benzene rings is 6. The van der Waals surface area contributed by atoms with Crippen LogP contribution >= 0.6 is 34.8 Å².